The Hall–Kier alpha value is -1.35. The van der Waals surface area contributed by atoms with Crippen LogP contribution in [0.15, 0.2) is 18.2 Å². The Morgan fingerprint density at radius 2 is 2.04 bits per heavy atom. The summed E-state index contributed by atoms with van der Waals surface area (Å²) in [6.07, 6.45) is 5.04. The van der Waals surface area contributed by atoms with E-state index in [9.17, 15) is 4.79 Å². The van der Waals surface area contributed by atoms with Crippen LogP contribution in [0.25, 0.3) is 0 Å². The second kappa shape index (κ2) is 6.51. The first kappa shape index (κ1) is 17.5. The summed E-state index contributed by atoms with van der Waals surface area (Å²) in [5.41, 5.74) is 9.04. The molecule has 0 spiro atoms. The Morgan fingerprint density at radius 1 is 1.33 bits per heavy atom. The first-order valence-corrected chi connectivity index (χ1v) is 9.43. The van der Waals surface area contributed by atoms with E-state index in [0.717, 1.165) is 25.3 Å². The van der Waals surface area contributed by atoms with Crippen molar-refractivity contribution in [3.8, 4) is 0 Å². The average Bonchev–Trinajstić information content (AvgIpc) is 3.34. The van der Waals surface area contributed by atoms with Gasteiger partial charge in [-0.05, 0) is 85.7 Å². The second-order valence-corrected chi connectivity index (χ2v) is 8.58. The Bertz CT molecular complexity index is 622. The number of benzene rings is 1. The molecule has 1 amide bonds. The monoisotopic (exact) mass is 328 g/mol. The van der Waals surface area contributed by atoms with Crippen LogP contribution in [0, 0.1) is 17.8 Å². The van der Waals surface area contributed by atoms with Crippen LogP contribution in [0.2, 0.25) is 0 Å². The zero-order chi connectivity index (χ0) is 17.5. The molecule has 2 aliphatic carbocycles. The van der Waals surface area contributed by atoms with Gasteiger partial charge in [0.2, 0.25) is 5.91 Å². The molecule has 1 saturated carbocycles. The molecule has 2 N–H and O–H groups in total. The number of fused-ring (bicyclic) bond motifs is 1. The van der Waals surface area contributed by atoms with Crippen LogP contribution >= 0.6 is 0 Å². The van der Waals surface area contributed by atoms with Crippen LogP contribution < -0.4 is 5.73 Å². The molecule has 0 aromatic heterocycles. The molecule has 2 aliphatic rings. The highest BCUT2D eigenvalue weighted by Gasteiger charge is 2.41. The van der Waals surface area contributed by atoms with Gasteiger partial charge < -0.3 is 10.6 Å². The summed E-state index contributed by atoms with van der Waals surface area (Å²) in [6.45, 7) is 9.48. The predicted molar refractivity (Wildman–Crippen MR) is 99.2 cm³/mol. The normalized spacial score (nSPS) is 29.5. The molecule has 24 heavy (non-hydrogen) atoms. The van der Waals surface area contributed by atoms with E-state index in [0.29, 0.717) is 17.4 Å². The maximum atomic E-state index is 11.7. The van der Waals surface area contributed by atoms with Gasteiger partial charge in [-0.25, -0.2) is 0 Å². The van der Waals surface area contributed by atoms with Crippen molar-refractivity contribution in [1.29, 1.82) is 0 Å². The van der Waals surface area contributed by atoms with Crippen molar-refractivity contribution in [2.24, 2.45) is 23.5 Å². The lowest BCUT2D eigenvalue weighted by molar-refractivity contribution is 0.0999. The molecule has 0 bridgehead atoms. The zero-order valence-corrected chi connectivity index (χ0v) is 15.6. The van der Waals surface area contributed by atoms with Crippen molar-refractivity contribution in [2.75, 3.05) is 20.1 Å². The topological polar surface area (TPSA) is 46.3 Å². The summed E-state index contributed by atoms with van der Waals surface area (Å²) >= 11 is 0. The Labute approximate surface area is 146 Å². The molecule has 1 aromatic rings. The molecular formula is C21H32N2O. The molecule has 1 fully saturated rings. The lowest BCUT2D eigenvalue weighted by Crippen LogP contribution is -2.42. The molecule has 0 radical (unpaired) electrons. The number of hydrogen-bond acceptors (Lipinski definition) is 2. The standard InChI is InChI=1S/C21H32N2O/c1-14-11-17-7-8-18(20(22)24)12-19(17)21(3,15(14)2)9-10-23(4)13-16-5-6-16/h7-8,12,14-16H,5-6,9-11,13H2,1-4H3,(H2,22,24)/t14?,15-,21-/m0/s1. The maximum Gasteiger partial charge on any atom is 0.248 e. The summed E-state index contributed by atoms with van der Waals surface area (Å²) in [6, 6.07) is 6.09. The van der Waals surface area contributed by atoms with Crippen molar-refractivity contribution >= 4 is 5.91 Å². The van der Waals surface area contributed by atoms with Crippen molar-refractivity contribution in [2.45, 2.75) is 51.9 Å². The van der Waals surface area contributed by atoms with E-state index in [1.807, 2.05) is 6.07 Å². The zero-order valence-electron chi connectivity index (χ0n) is 15.6. The van der Waals surface area contributed by atoms with E-state index in [2.05, 4.69) is 44.9 Å². The van der Waals surface area contributed by atoms with E-state index < -0.39 is 0 Å². The second-order valence-electron chi connectivity index (χ2n) is 8.58. The van der Waals surface area contributed by atoms with Gasteiger partial charge in [-0.15, -0.1) is 0 Å². The van der Waals surface area contributed by atoms with Crippen molar-refractivity contribution < 1.29 is 4.79 Å². The number of amides is 1. The number of carbonyl (C=O) groups excluding carboxylic acids is 1. The first-order valence-electron chi connectivity index (χ1n) is 9.43. The van der Waals surface area contributed by atoms with Crippen molar-refractivity contribution in [3.05, 3.63) is 34.9 Å². The summed E-state index contributed by atoms with van der Waals surface area (Å²) in [4.78, 5) is 14.1. The SMILES string of the molecule is CC1Cc2ccc(C(N)=O)cc2[C@@](C)(CCN(C)CC2CC2)[C@H]1C. The fourth-order valence-electron chi connectivity index (χ4n) is 4.45. The Morgan fingerprint density at radius 3 is 2.67 bits per heavy atom. The van der Waals surface area contributed by atoms with Crippen molar-refractivity contribution in [1.82, 2.24) is 4.90 Å². The van der Waals surface area contributed by atoms with Gasteiger partial charge in [0.15, 0.2) is 0 Å². The van der Waals surface area contributed by atoms with Gasteiger partial charge in [0.25, 0.3) is 0 Å². The molecule has 1 aromatic carbocycles. The third-order valence-electron chi connectivity index (χ3n) is 6.69. The lowest BCUT2D eigenvalue weighted by atomic mass is 9.59. The van der Waals surface area contributed by atoms with Crippen LogP contribution in [0.4, 0.5) is 0 Å². The highest BCUT2D eigenvalue weighted by molar-refractivity contribution is 5.93. The Balaban J connectivity index is 1.86. The van der Waals surface area contributed by atoms with E-state index in [1.54, 1.807) is 0 Å². The number of primary amides is 1. The van der Waals surface area contributed by atoms with E-state index in [1.165, 1.54) is 30.5 Å². The van der Waals surface area contributed by atoms with Crippen LogP contribution in [0.3, 0.4) is 0 Å². The minimum Gasteiger partial charge on any atom is -0.366 e. The third-order valence-corrected chi connectivity index (χ3v) is 6.69. The maximum absolute atomic E-state index is 11.7. The molecule has 0 aliphatic heterocycles. The van der Waals surface area contributed by atoms with Gasteiger partial charge in [-0.2, -0.15) is 0 Å². The van der Waals surface area contributed by atoms with Gasteiger partial charge in [0.1, 0.15) is 0 Å². The van der Waals surface area contributed by atoms with Crippen LogP contribution in [-0.4, -0.2) is 30.9 Å². The number of rotatable bonds is 6. The Kier molecular flexibility index (Phi) is 4.74. The largest absolute Gasteiger partial charge is 0.366 e. The molecule has 0 heterocycles. The molecule has 0 saturated heterocycles. The molecule has 3 atom stereocenters. The summed E-state index contributed by atoms with van der Waals surface area (Å²) < 4.78 is 0. The van der Waals surface area contributed by atoms with Crippen LogP contribution in [0.1, 0.15) is 61.5 Å². The fraction of sp³-hybridized carbons (Fsp3) is 0.667. The van der Waals surface area contributed by atoms with E-state index >= 15 is 0 Å². The molecule has 3 nitrogen and oxygen atoms in total. The molecule has 3 heteroatoms. The number of nitrogens with zero attached hydrogens (tertiary/aromatic N) is 1. The van der Waals surface area contributed by atoms with Crippen LogP contribution in [0.5, 0.6) is 0 Å². The highest BCUT2D eigenvalue weighted by Crippen LogP contribution is 2.46. The van der Waals surface area contributed by atoms with E-state index in [4.69, 9.17) is 5.73 Å². The van der Waals surface area contributed by atoms with Gasteiger partial charge in [-0.3, -0.25) is 4.79 Å². The molecule has 1 unspecified atom stereocenters. The van der Waals surface area contributed by atoms with Gasteiger partial charge in [0, 0.05) is 12.1 Å². The fourth-order valence-corrected chi connectivity index (χ4v) is 4.45. The summed E-state index contributed by atoms with van der Waals surface area (Å²) in [7, 11) is 2.25. The molecule has 3 rings (SSSR count). The van der Waals surface area contributed by atoms with Gasteiger partial charge in [0.05, 0.1) is 0 Å². The lowest BCUT2D eigenvalue weighted by Gasteiger charge is -2.46. The van der Waals surface area contributed by atoms with E-state index in [-0.39, 0.29) is 11.3 Å². The number of nitrogens with two attached hydrogens (primary N) is 1. The van der Waals surface area contributed by atoms with Crippen LogP contribution in [-0.2, 0) is 11.8 Å². The molecule has 132 valence electrons. The molecular weight excluding hydrogens is 296 g/mol. The smallest absolute Gasteiger partial charge is 0.248 e. The number of hydrogen-bond donors (Lipinski definition) is 1. The number of carbonyl (C=O) groups is 1. The third kappa shape index (κ3) is 3.37. The van der Waals surface area contributed by atoms with Gasteiger partial charge in [-0.1, -0.05) is 26.8 Å². The quantitative estimate of drug-likeness (QED) is 0.867. The summed E-state index contributed by atoms with van der Waals surface area (Å²) in [5.74, 6) is 1.87. The average molecular weight is 329 g/mol. The minimum atomic E-state index is -0.322. The van der Waals surface area contributed by atoms with Gasteiger partial charge >= 0.3 is 0 Å². The minimum absolute atomic E-state index is 0.107. The first-order chi connectivity index (χ1) is 11.3. The summed E-state index contributed by atoms with van der Waals surface area (Å²) in [5, 5.41) is 0. The van der Waals surface area contributed by atoms with Crippen molar-refractivity contribution in [3.63, 3.8) is 0 Å². The highest BCUT2D eigenvalue weighted by atomic mass is 16.1. The predicted octanol–water partition coefficient (Wildman–Crippen LogP) is 3.60.